The largest absolute Gasteiger partial charge is 0.352 e. The molecule has 0 amide bonds. The van der Waals surface area contributed by atoms with Crippen molar-refractivity contribution in [2.24, 2.45) is 4.99 Å². The number of thiophene rings is 1. The number of benzene rings is 1. The lowest BCUT2D eigenvalue weighted by Gasteiger charge is -2.20. The van der Waals surface area contributed by atoms with E-state index < -0.39 is 0 Å². The fourth-order valence-corrected chi connectivity index (χ4v) is 3.22. The van der Waals surface area contributed by atoms with Crippen LogP contribution in [0.25, 0.3) is 0 Å². The maximum absolute atomic E-state index is 4.31. The van der Waals surface area contributed by atoms with E-state index in [0.29, 0.717) is 0 Å². The maximum Gasteiger partial charge on any atom is 0.191 e. The molecule has 0 saturated heterocycles. The molecule has 0 saturated carbocycles. The van der Waals surface area contributed by atoms with Gasteiger partial charge in [0.1, 0.15) is 0 Å². The van der Waals surface area contributed by atoms with Gasteiger partial charge in [-0.15, -0.1) is 24.0 Å². The standard InChI is InChI=1S/C19H28N4S.HI/c1-4-23(5-2)14-18-9-7-6-8-17(18)13-22-19(20-3)21-12-16-10-11-24-15-16;/h6-11,15H,4-5,12-14H2,1-3H3,(H2,20,21,22);1H. The van der Waals surface area contributed by atoms with E-state index in [-0.39, 0.29) is 24.0 Å². The number of nitrogens with zero attached hydrogens (tertiary/aromatic N) is 2. The van der Waals surface area contributed by atoms with E-state index in [2.05, 4.69) is 75.5 Å². The summed E-state index contributed by atoms with van der Waals surface area (Å²) in [5, 5.41) is 11.0. The van der Waals surface area contributed by atoms with Crippen molar-refractivity contribution in [3.8, 4) is 0 Å². The monoisotopic (exact) mass is 472 g/mol. The van der Waals surface area contributed by atoms with E-state index >= 15 is 0 Å². The highest BCUT2D eigenvalue weighted by atomic mass is 127. The van der Waals surface area contributed by atoms with Crippen molar-refractivity contribution in [1.82, 2.24) is 15.5 Å². The Hall–Kier alpha value is -1.12. The summed E-state index contributed by atoms with van der Waals surface area (Å²) in [4.78, 5) is 6.75. The molecule has 0 unspecified atom stereocenters. The zero-order chi connectivity index (χ0) is 17.2. The van der Waals surface area contributed by atoms with Gasteiger partial charge >= 0.3 is 0 Å². The van der Waals surface area contributed by atoms with Crippen LogP contribution < -0.4 is 10.6 Å². The normalized spacial score (nSPS) is 11.3. The summed E-state index contributed by atoms with van der Waals surface area (Å²) in [6.07, 6.45) is 0. The third-order valence-electron chi connectivity index (χ3n) is 4.12. The summed E-state index contributed by atoms with van der Waals surface area (Å²) >= 11 is 1.72. The fraction of sp³-hybridized carbons (Fsp3) is 0.421. The highest BCUT2D eigenvalue weighted by Gasteiger charge is 2.07. The van der Waals surface area contributed by atoms with E-state index in [9.17, 15) is 0 Å². The van der Waals surface area contributed by atoms with Gasteiger partial charge in [0.05, 0.1) is 0 Å². The number of rotatable bonds is 8. The summed E-state index contributed by atoms with van der Waals surface area (Å²) in [6.45, 7) is 9.13. The van der Waals surface area contributed by atoms with Crippen LogP contribution in [-0.4, -0.2) is 31.0 Å². The molecule has 1 heterocycles. The summed E-state index contributed by atoms with van der Waals surface area (Å²) in [5.74, 6) is 0.832. The van der Waals surface area contributed by atoms with Crippen LogP contribution in [0.1, 0.15) is 30.5 Å². The maximum atomic E-state index is 4.31. The lowest BCUT2D eigenvalue weighted by Crippen LogP contribution is -2.36. The molecule has 6 heteroatoms. The molecule has 0 radical (unpaired) electrons. The van der Waals surface area contributed by atoms with Gasteiger partial charge in [0.2, 0.25) is 0 Å². The Bertz CT molecular complexity index is 624. The third kappa shape index (κ3) is 7.33. The highest BCUT2D eigenvalue weighted by molar-refractivity contribution is 14.0. The summed E-state index contributed by atoms with van der Waals surface area (Å²) < 4.78 is 0. The van der Waals surface area contributed by atoms with Crippen LogP contribution in [0.4, 0.5) is 0 Å². The Balaban J connectivity index is 0.00000312. The van der Waals surface area contributed by atoms with Crippen molar-refractivity contribution in [3.05, 3.63) is 57.8 Å². The molecule has 2 rings (SSSR count). The van der Waals surface area contributed by atoms with E-state index in [0.717, 1.165) is 38.7 Å². The van der Waals surface area contributed by atoms with Crippen molar-refractivity contribution in [2.75, 3.05) is 20.1 Å². The fourth-order valence-electron chi connectivity index (χ4n) is 2.55. The van der Waals surface area contributed by atoms with Gasteiger partial charge in [-0.25, -0.2) is 0 Å². The van der Waals surface area contributed by atoms with Crippen molar-refractivity contribution in [3.63, 3.8) is 0 Å². The number of aliphatic imine (C=N–C) groups is 1. The molecular formula is C19H29IN4S. The van der Waals surface area contributed by atoms with Crippen LogP contribution in [0.3, 0.4) is 0 Å². The van der Waals surface area contributed by atoms with Crippen LogP contribution >= 0.6 is 35.3 Å². The van der Waals surface area contributed by atoms with Crippen LogP contribution in [0, 0.1) is 0 Å². The molecular weight excluding hydrogens is 443 g/mol. The van der Waals surface area contributed by atoms with Crippen molar-refractivity contribution in [2.45, 2.75) is 33.5 Å². The van der Waals surface area contributed by atoms with E-state index in [1.54, 1.807) is 11.3 Å². The topological polar surface area (TPSA) is 39.7 Å². The first-order valence-electron chi connectivity index (χ1n) is 8.51. The highest BCUT2D eigenvalue weighted by Crippen LogP contribution is 2.11. The second-order valence-corrected chi connectivity index (χ2v) is 6.42. The first-order chi connectivity index (χ1) is 11.8. The van der Waals surface area contributed by atoms with E-state index in [1.807, 2.05) is 7.05 Å². The molecule has 4 nitrogen and oxygen atoms in total. The molecule has 1 aromatic heterocycles. The smallest absolute Gasteiger partial charge is 0.191 e. The first kappa shape index (κ1) is 21.9. The number of hydrogen-bond donors (Lipinski definition) is 2. The second-order valence-electron chi connectivity index (χ2n) is 5.64. The van der Waals surface area contributed by atoms with Gasteiger partial charge in [0.25, 0.3) is 0 Å². The minimum atomic E-state index is 0. The lowest BCUT2D eigenvalue weighted by molar-refractivity contribution is 0.295. The van der Waals surface area contributed by atoms with E-state index in [4.69, 9.17) is 0 Å². The van der Waals surface area contributed by atoms with Gasteiger partial charge < -0.3 is 10.6 Å². The molecule has 25 heavy (non-hydrogen) atoms. The van der Waals surface area contributed by atoms with Gasteiger partial charge in [-0.2, -0.15) is 11.3 Å². The summed E-state index contributed by atoms with van der Waals surface area (Å²) in [5.41, 5.74) is 3.98. The van der Waals surface area contributed by atoms with Crippen LogP contribution in [0.15, 0.2) is 46.1 Å². The molecule has 2 aromatic rings. The van der Waals surface area contributed by atoms with Crippen molar-refractivity contribution in [1.29, 1.82) is 0 Å². The molecule has 0 atom stereocenters. The van der Waals surface area contributed by atoms with Gasteiger partial charge in [0.15, 0.2) is 5.96 Å². The number of nitrogens with one attached hydrogen (secondary N) is 2. The zero-order valence-electron chi connectivity index (χ0n) is 15.3. The zero-order valence-corrected chi connectivity index (χ0v) is 18.4. The summed E-state index contributed by atoms with van der Waals surface area (Å²) in [6, 6.07) is 10.8. The molecule has 2 N–H and O–H groups in total. The SMILES string of the molecule is CCN(CC)Cc1ccccc1CNC(=NC)NCc1ccsc1.I. The predicted octanol–water partition coefficient (Wildman–Crippen LogP) is 4.07. The minimum absolute atomic E-state index is 0. The number of halogens is 1. The Morgan fingerprint density at radius 2 is 1.72 bits per heavy atom. The van der Waals surface area contributed by atoms with Gasteiger partial charge in [-0.05, 0) is 46.6 Å². The molecule has 0 bridgehead atoms. The molecule has 0 aliphatic carbocycles. The molecule has 0 spiro atoms. The molecule has 1 aromatic carbocycles. The van der Waals surface area contributed by atoms with Crippen molar-refractivity contribution >= 4 is 41.3 Å². The van der Waals surface area contributed by atoms with Gasteiger partial charge in [-0.3, -0.25) is 9.89 Å². The third-order valence-corrected chi connectivity index (χ3v) is 4.85. The van der Waals surface area contributed by atoms with Crippen LogP contribution in [0.5, 0.6) is 0 Å². The van der Waals surface area contributed by atoms with E-state index in [1.165, 1.54) is 16.7 Å². The predicted molar refractivity (Wildman–Crippen MR) is 120 cm³/mol. The lowest BCUT2D eigenvalue weighted by atomic mass is 10.1. The Kier molecular flexibility index (Phi) is 10.8. The number of hydrogen-bond acceptors (Lipinski definition) is 3. The average Bonchev–Trinajstić information content (AvgIpc) is 3.14. The quantitative estimate of drug-likeness (QED) is 0.346. The Morgan fingerprint density at radius 1 is 1.04 bits per heavy atom. The number of guanidine groups is 1. The average molecular weight is 472 g/mol. The molecule has 0 aliphatic rings. The molecule has 138 valence electrons. The van der Waals surface area contributed by atoms with Gasteiger partial charge in [0, 0.05) is 26.7 Å². The van der Waals surface area contributed by atoms with Gasteiger partial charge in [-0.1, -0.05) is 38.1 Å². The minimum Gasteiger partial charge on any atom is -0.352 e. The van der Waals surface area contributed by atoms with Crippen LogP contribution in [0.2, 0.25) is 0 Å². The Labute approximate surface area is 172 Å². The Morgan fingerprint density at radius 3 is 2.32 bits per heavy atom. The van der Waals surface area contributed by atoms with Crippen molar-refractivity contribution < 1.29 is 0 Å². The molecule has 0 fully saturated rings. The van der Waals surface area contributed by atoms with Crippen LogP contribution in [-0.2, 0) is 19.6 Å². The summed E-state index contributed by atoms with van der Waals surface area (Å²) in [7, 11) is 1.81. The molecule has 0 aliphatic heterocycles. The second kappa shape index (κ2) is 12.3. The first-order valence-corrected chi connectivity index (χ1v) is 9.45.